The number of aromatic nitrogens is 1. The number of carboxylic acids is 1. The van der Waals surface area contributed by atoms with E-state index < -0.39 is 5.97 Å². The molecule has 0 unspecified atom stereocenters. The molecule has 1 aromatic rings. The van der Waals surface area contributed by atoms with Gasteiger partial charge in [-0.05, 0) is 25.2 Å². The minimum atomic E-state index is -0.844. The predicted molar refractivity (Wildman–Crippen MR) is 82.9 cm³/mol. The maximum absolute atomic E-state index is 11.3. The van der Waals surface area contributed by atoms with Gasteiger partial charge in [0.2, 0.25) is 0 Å². The third-order valence-corrected chi connectivity index (χ3v) is 5.15. The van der Waals surface area contributed by atoms with Crippen LogP contribution in [0.1, 0.15) is 60.8 Å². The molecule has 1 aromatic heterocycles. The number of hydrogen-bond acceptors (Lipinski definition) is 4. The van der Waals surface area contributed by atoms with Gasteiger partial charge in [0, 0.05) is 13.6 Å². The molecule has 2 rings (SSSR count). The SMILES string of the molecule is CCCc1nc(N(C)CC2CCCCC2)sc1C(=O)O. The number of hydrogen-bond donors (Lipinski definition) is 1. The van der Waals surface area contributed by atoms with E-state index in [4.69, 9.17) is 0 Å². The summed E-state index contributed by atoms with van der Waals surface area (Å²) in [5.41, 5.74) is 0.746. The van der Waals surface area contributed by atoms with Crippen LogP contribution in [-0.4, -0.2) is 29.7 Å². The molecule has 0 radical (unpaired) electrons. The molecular formula is C15H24N2O2S. The second kappa shape index (κ2) is 7.07. The van der Waals surface area contributed by atoms with E-state index in [0.717, 1.165) is 36.1 Å². The Kier molecular flexibility index (Phi) is 5.40. The zero-order chi connectivity index (χ0) is 14.5. The van der Waals surface area contributed by atoms with Crippen LogP contribution in [0.2, 0.25) is 0 Å². The first-order chi connectivity index (χ1) is 9.61. The molecule has 1 saturated carbocycles. The molecule has 0 amide bonds. The van der Waals surface area contributed by atoms with Gasteiger partial charge in [-0.2, -0.15) is 0 Å². The molecule has 112 valence electrons. The molecule has 0 spiro atoms. The van der Waals surface area contributed by atoms with Crippen molar-refractivity contribution >= 4 is 22.4 Å². The zero-order valence-corrected chi connectivity index (χ0v) is 13.2. The molecule has 0 aromatic carbocycles. The van der Waals surface area contributed by atoms with Crippen molar-refractivity contribution in [1.29, 1.82) is 0 Å². The van der Waals surface area contributed by atoms with Gasteiger partial charge in [0.25, 0.3) is 0 Å². The lowest BCUT2D eigenvalue weighted by molar-refractivity contribution is 0.0700. The van der Waals surface area contributed by atoms with Gasteiger partial charge in [-0.3, -0.25) is 0 Å². The average Bonchev–Trinajstić information content (AvgIpc) is 2.85. The molecule has 5 heteroatoms. The Hall–Kier alpha value is -1.10. The summed E-state index contributed by atoms with van der Waals surface area (Å²) in [7, 11) is 2.04. The molecular weight excluding hydrogens is 272 g/mol. The van der Waals surface area contributed by atoms with Gasteiger partial charge in [0.1, 0.15) is 4.88 Å². The van der Waals surface area contributed by atoms with Gasteiger partial charge in [0.15, 0.2) is 5.13 Å². The molecule has 1 heterocycles. The van der Waals surface area contributed by atoms with Crippen LogP contribution in [0.15, 0.2) is 0 Å². The molecule has 1 aliphatic carbocycles. The van der Waals surface area contributed by atoms with Gasteiger partial charge in [-0.1, -0.05) is 43.9 Å². The highest BCUT2D eigenvalue weighted by Gasteiger charge is 2.21. The third-order valence-electron chi connectivity index (χ3n) is 3.95. The maximum Gasteiger partial charge on any atom is 0.347 e. The number of thiazole rings is 1. The fraction of sp³-hybridized carbons (Fsp3) is 0.733. The van der Waals surface area contributed by atoms with Crippen LogP contribution in [0.4, 0.5) is 5.13 Å². The minimum Gasteiger partial charge on any atom is -0.477 e. The maximum atomic E-state index is 11.3. The van der Waals surface area contributed by atoms with Crippen LogP contribution in [0, 0.1) is 5.92 Å². The summed E-state index contributed by atoms with van der Waals surface area (Å²) in [5.74, 6) is -0.108. The Morgan fingerprint density at radius 2 is 2.10 bits per heavy atom. The first-order valence-corrected chi connectivity index (χ1v) is 8.37. The van der Waals surface area contributed by atoms with Crippen molar-refractivity contribution in [2.24, 2.45) is 5.92 Å². The van der Waals surface area contributed by atoms with Crippen LogP contribution in [0.25, 0.3) is 0 Å². The van der Waals surface area contributed by atoms with Gasteiger partial charge >= 0.3 is 5.97 Å². The largest absolute Gasteiger partial charge is 0.477 e. The number of nitrogens with zero attached hydrogens (tertiary/aromatic N) is 2. The van der Waals surface area contributed by atoms with E-state index in [0.29, 0.717) is 4.88 Å². The Labute approximate surface area is 124 Å². The first-order valence-electron chi connectivity index (χ1n) is 7.56. The number of rotatable bonds is 6. The van der Waals surface area contributed by atoms with E-state index in [1.54, 1.807) is 0 Å². The fourth-order valence-electron chi connectivity index (χ4n) is 2.91. The highest BCUT2D eigenvalue weighted by atomic mass is 32.1. The van der Waals surface area contributed by atoms with Crippen molar-refractivity contribution in [2.45, 2.75) is 51.9 Å². The van der Waals surface area contributed by atoms with Crippen molar-refractivity contribution < 1.29 is 9.90 Å². The molecule has 0 bridgehead atoms. The van der Waals surface area contributed by atoms with Crippen molar-refractivity contribution in [2.75, 3.05) is 18.5 Å². The van der Waals surface area contributed by atoms with E-state index >= 15 is 0 Å². The second-order valence-electron chi connectivity index (χ2n) is 5.71. The normalized spacial score (nSPS) is 16.3. The van der Waals surface area contributed by atoms with E-state index in [-0.39, 0.29) is 0 Å². The molecule has 1 N–H and O–H groups in total. The van der Waals surface area contributed by atoms with Crippen LogP contribution in [-0.2, 0) is 6.42 Å². The molecule has 20 heavy (non-hydrogen) atoms. The lowest BCUT2D eigenvalue weighted by Gasteiger charge is -2.26. The highest BCUT2D eigenvalue weighted by Crippen LogP contribution is 2.30. The van der Waals surface area contributed by atoms with Crippen LogP contribution in [0.3, 0.4) is 0 Å². The monoisotopic (exact) mass is 296 g/mol. The Balaban J connectivity index is 2.06. The summed E-state index contributed by atoms with van der Waals surface area (Å²) in [6, 6.07) is 0. The van der Waals surface area contributed by atoms with Crippen LogP contribution >= 0.6 is 11.3 Å². The van der Waals surface area contributed by atoms with Gasteiger partial charge in [0.05, 0.1) is 5.69 Å². The fourth-order valence-corrected chi connectivity index (χ4v) is 3.83. The Bertz CT molecular complexity index is 453. The average molecular weight is 296 g/mol. The number of aryl methyl sites for hydroxylation is 1. The summed E-state index contributed by atoms with van der Waals surface area (Å²) in [6.45, 7) is 3.05. The summed E-state index contributed by atoms with van der Waals surface area (Å²) >= 11 is 1.32. The van der Waals surface area contributed by atoms with Crippen molar-refractivity contribution in [3.63, 3.8) is 0 Å². The van der Waals surface area contributed by atoms with Crippen molar-refractivity contribution in [3.05, 3.63) is 10.6 Å². The standard InChI is InChI=1S/C15H24N2O2S/c1-3-7-12-13(14(18)19)20-15(16-12)17(2)10-11-8-5-4-6-9-11/h11H,3-10H2,1-2H3,(H,18,19). The zero-order valence-electron chi connectivity index (χ0n) is 12.4. The van der Waals surface area contributed by atoms with Crippen molar-refractivity contribution in [3.8, 4) is 0 Å². The van der Waals surface area contributed by atoms with E-state index in [9.17, 15) is 9.90 Å². The van der Waals surface area contributed by atoms with Gasteiger partial charge in [-0.25, -0.2) is 9.78 Å². The smallest absolute Gasteiger partial charge is 0.347 e. The topological polar surface area (TPSA) is 53.4 Å². The predicted octanol–water partition coefficient (Wildman–Crippen LogP) is 3.81. The molecule has 1 fully saturated rings. The lowest BCUT2D eigenvalue weighted by atomic mass is 9.89. The molecule has 4 nitrogen and oxygen atoms in total. The second-order valence-corrected chi connectivity index (χ2v) is 6.69. The first kappa shape index (κ1) is 15.3. The van der Waals surface area contributed by atoms with Crippen LogP contribution < -0.4 is 4.90 Å². The number of aromatic carboxylic acids is 1. The molecule has 0 saturated heterocycles. The van der Waals surface area contributed by atoms with Crippen LogP contribution in [0.5, 0.6) is 0 Å². The number of carboxylic acid groups (broad SMARTS) is 1. The summed E-state index contributed by atoms with van der Waals surface area (Å²) in [5, 5.41) is 10.1. The molecule has 0 atom stereocenters. The van der Waals surface area contributed by atoms with E-state index in [1.807, 2.05) is 7.05 Å². The number of anilines is 1. The Morgan fingerprint density at radius 3 is 2.70 bits per heavy atom. The summed E-state index contributed by atoms with van der Waals surface area (Å²) < 4.78 is 0. The van der Waals surface area contributed by atoms with E-state index in [1.165, 1.54) is 43.4 Å². The quantitative estimate of drug-likeness (QED) is 0.867. The van der Waals surface area contributed by atoms with Gasteiger partial charge < -0.3 is 10.0 Å². The Morgan fingerprint density at radius 1 is 1.40 bits per heavy atom. The van der Waals surface area contributed by atoms with Crippen molar-refractivity contribution in [1.82, 2.24) is 4.98 Å². The molecule has 0 aliphatic heterocycles. The number of carbonyl (C=O) groups is 1. The van der Waals surface area contributed by atoms with Gasteiger partial charge in [-0.15, -0.1) is 0 Å². The molecule has 1 aliphatic rings. The minimum absolute atomic E-state index is 0.414. The summed E-state index contributed by atoms with van der Waals surface area (Å²) in [4.78, 5) is 18.4. The summed E-state index contributed by atoms with van der Waals surface area (Å²) in [6.07, 6.45) is 8.29. The van der Waals surface area contributed by atoms with E-state index in [2.05, 4.69) is 16.8 Å². The lowest BCUT2D eigenvalue weighted by Crippen LogP contribution is -2.26. The third kappa shape index (κ3) is 3.72. The highest BCUT2D eigenvalue weighted by molar-refractivity contribution is 7.17.